The summed E-state index contributed by atoms with van der Waals surface area (Å²) in [4.78, 5) is 21.8. The topological polar surface area (TPSA) is 91.2 Å². The van der Waals surface area contributed by atoms with Gasteiger partial charge in [0.05, 0.1) is 11.1 Å². The van der Waals surface area contributed by atoms with Gasteiger partial charge in [0.25, 0.3) is 0 Å². The van der Waals surface area contributed by atoms with E-state index >= 15 is 0 Å². The van der Waals surface area contributed by atoms with E-state index in [1.54, 1.807) is 36.4 Å². The lowest BCUT2D eigenvalue weighted by Crippen LogP contribution is -2.80. The van der Waals surface area contributed by atoms with E-state index in [2.05, 4.69) is 0 Å². The van der Waals surface area contributed by atoms with Crippen LogP contribution in [-0.4, -0.2) is 22.2 Å². The Morgan fingerprint density at radius 1 is 0.810 bits per heavy atom. The number of nitrogens with two attached hydrogens (primary N) is 1. The number of benzene rings is 2. The maximum absolute atomic E-state index is 10.9. The molecule has 0 amide bonds. The van der Waals surface area contributed by atoms with Crippen molar-refractivity contribution in [2.24, 2.45) is 0 Å². The summed E-state index contributed by atoms with van der Waals surface area (Å²) in [6.07, 6.45) is 0. The van der Waals surface area contributed by atoms with Crippen molar-refractivity contribution >= 4 is 11.9 Å². The van der Waals surface area contributed by atoms with Crippen LogP contribution in [0.25, 0.3) is 0 Å². The highest BCUT2D eigenvalue weighted by molar-refractivity contribution is 5.88. The van der Waals surface area contributed by atoms with Crippen molar-refractivity contribution in [1.82, 2.24) is 0 Å². The minimum atomic E-state index is -0.939. The van der Waals surface area contributed by atoms with Gasteiger partial charge in [-0.1, -0.05) is 24.3 Å². The lowest BCUT2D eigenvalue weighted by molar-refractivity contribution is -0.686. The van der Waals surface area contributed by atoms with Crippen LogP contribution in [0.1, 0.15) is 31.8 Å². The molecule has 0 saturated heterocycles. The van der Waals surface area contributed by atoms with Crippen molar-refractivity contribution < 1.29 is 25.1 Å². The van der Waals surface area contributed by atoms with Crippen molar-refractivity contribution in [3.63, 3.8) is 0 Å². The summed E-state index contributed by atoms with van der Waals surface area (Å²) in [7, 11) is 0. The highest BCUT2D eigenvalue weighted by Crippen LogP contribution is 2.05. The molecular formula is C16H16NO4+. The average Bonchev–Trinajstić information content (AvgIpc) is 2.48. The number of aromatic carboxylic acids is 2. The third-order valence-corrected chi connectivity index (χ3v) is 3.11. The fraction of sp³-hybridized carbons (Fsp3) is 0.125. The number of hydrogen-bond donors (Lipinski definition) is 3. The van der Waals surface area contributed by atoms with Gasteiger partial charge in [-0.25, -0.2) is 9.59 Å². The Morgan fingerprint density at radius 3 is 1.62 bits per heavy atom. The second-order valence-corrected chi connectivity index (χ2v) is 4.71. The number of carbonyl (C=O) groups is 2. The first-order chi connectivity index (χ1) is 10.1. The van der Waals surface area contributed by atoms with Gasteiger partial charge in [-0.2, -0.15) is 0 Å². The third kappa shape index (κ3) is 4.15. The third-order valence-electron chi connectivity index (χ3n) is 3.11. The molecule has 0 radical (unpaired) electrons. The second-order valence-electron chi connectivity index (χ2n) is 4.71. The summed E-state index contributed by atoms with van der Waals surface area (Å²) >= 11 is 0. The van der Waals surface area contributed by atoms with Crippen LogP contribution >= 0.6 is 0 Å². The Kier molecular flexibility index (Phi) is 4.68. The Morgan fingerprint density at radius 2 is 1.24 bits per heavy atom. The van der Waals surface area contributed by atoms with Crippen LogP contribution in [0.5, 0.6) is 0 Å². The molecule has 5 heteroatoms. The molecule has 2 aromatic carbocycles. The molecule has 0 aromatic heterocycles. The lowest BCUT2D eigenvalue weighted by Gasteiger charge is -2.04. The molecule has 0 aliphatic heterocycles. The molecule has 0 saturated carbocycles. The fourth-order valence-electron chi connectivity index (χ4n) is 2.07. The van der Waals surface area contributed by atoms with E-state index in [1.165, 1.54) is 0 Å². The summed E-state index contributed by atoms with van der Waals surface area (Å²) in [5.74, 6) is -1.88. The monoisotopic (exact) mass is 286 g/mol. The van der Waals surface area contributed by atoms with Crippen LogP contribution in [0.15, 0.2) is 48.5 Å². The van der Waals surface area contributed by atoms with Crippen LogP contribution in [-0.2, 0) is 13.1 Å². The molecule has 0 fully saturated rings. The van der Waals surface area contributed by atoms with E-state index in [0.717, 1.165) is 11.1 Å². The van der Waals surface area contributed by atoms with E-state index in [4.69, 9.17) is 10.2 Å². The van der Waals surface area contributed by atoms with E-state index in [-0.39, 0.29) is 11.1 Å². The molecule has 2 rings (SSSR count). The van der Waals surface area contributed by atoms with E-state index < -0.39 is 11.9 Å². The van der Waals surface area contributed by atoms with Gasteiger partial charge in [-0.05, 0) is 24.3 Å². The first-order valence-electron chi connectivity index (χ1n) is 6.52. The number of carboxylic acids is 2. The Labute approximate surface area is 121 Å². The Balaban J connectivity index is 1.95. The van der Waals surface area contributed by atoms with Crippen LogP contribution < -0.4 is 5.32 Å². The van der Waals surface area contributed by atoms with Gasteiger partial charge in [-0.3, -0.25) is 0 Å². The quantitative estimate of drug-likeness (QED) is 0.747. The van der Waals surface area contributed by atoms with Gasteiger partial charge in [0.1, 0.15) is 13.1 Å². The maximum atomic E-state index is 10.9. The van der Waals surface area contributed by atoms with Gasteiger partial charge >= 0.3 is 11.9 Å². The zero-order chi connectivity index (χ0) is 15.2. The molecule has 0 unspecified atom stereocenters. The smallest absolute Gasteiger partial charge is 0.335 e. The molecule has 0 aliphatic carbocycles. The zero-order valence-corrected chi connectivity index (χ0v) is 11.3. The van der Waals surface area contributed by atoms with Gasteiger partial charge < -0.3 is 15.5 Å². The SMILES string of the molecule is O=C(O)c1cccc(C[NH2+]Cc2cccc(C(=O)O)c2)c1. The van der Waals surface area contributed by atoms with Gasteiger partial charge in [0, 0.05) is 11.1 Å². The summed E-state index contributed by atoms with van der Waals surface area (Å²) in [6.45, 7) is 1.27. The second kappa shape index (κ2) is 6.67. The summed E-state index contributed by atoms with van der Waals surface area (Å²) in [5, 5.41) is 19.9. The summed E-state index contributed by atoms with van der Waals surface area (Å²) < 4.78 is 0. The van der Waals surface area contributed by atoms with Crippen LogP contribution in [0.2, 0.25) is 0 Å². The van der Waals surface area contributed by atoms with E-state index in [1.807, 2.05) is 17.4 Å². The van der Waals surface area contributed by atoms with Crippen LogP contribution in [0, 0.1) is 0 Å². The maximum Gasteiger partial charge on any atom is 0.335 e. The molecule has 5 nitrogen and oxygen atoms in total. The summed E-state index contributed by atoms with van der Waals surface area (Å²) in [5.41, 5.74) is 2.39. The normalized spacial score (nSPS) is 10.3. The first kappa shape index (κ1) is 14.7. The molecule has 2 aromatic rings. The predicted octanol–water partition coefficient (Wildman–Crippen LogP) is 1.35. The van der Waals surface area contributed by atoms with Crippen molar-refractivity contribution in [1.29, 1.82) is 0 Å². The Bertz CT molecular complexity index is 609. The summed E-state index contributed by atoms with van der Waals surface area (Å²) in [6, 6.07) is 13.6. The zero-order valence-electron chi connectivity index (χ0n) is 11.3. The molecule has 21 heavy (non-hydrogen) atoms. The molecule has 0 atom stereocenters. The van der Waals surface area contributed by atoms with Gasteiger partial charge in [0.15, 0.2) is 0 Å². The minimum absolute atomic E-state index is 0.272. The van der Waals surface area contributed by atoms with Gasteiger partial charge in [0.2, 0.25) is 0 Å². The molecule has 108 valence electrons. The number of carboxylic acid groups (broad SMARTS) is 2. The number of rotatable bonds is 6. The van der Waals surface area contributed by atoms with E-state index in [9.17, 15) is 9.59 Å². The molecule has 4 N–H and O–H groups in total. The standard InChI is InChI=1S/C16H15NO4/c18-15(19)13-5-1-3-11(7-13)9-17-10-12-4-2-6-14(8-12)16(20)21/h1-8,17H,9-10H2,(H,18,19)(H,20,21)/p+1. The van der Waals surface area contributed by atoms with Gasteiger partial charge in [-0.15, -0.1) is 0 Å². The molecule has 0 aliphatic rings. The predicted molar refractivity (Wildman–Crippen MR) is 76.1 cm³/mol. The van der Waals surface area contributed by atoms with Crippen molar-refractivity contribution in [3.05, 3.63) is 70.8 Å². The molecule has 0 heterocycles. The van der Waals surface area contributed by atoms with Crippen LogP contribution in [0.3, 0.4) is 0 Å². The number of hydrogen-bond acceptors (Lipinski definition) is 2. The molecule has 0 bridgehead atoms. The highest BCUT2D eigenvalue weighted by Gasteiger charge is 2.06. The average molecular weight is 286 g/mol. The number of quaternary nitrogens is 1. The van der Waals surface area contributed by atoms with Crippen molar-refractivity contribution in [2.45, 2.75) is 13.1 Å². The van der Waals surface area contributed by atoms with Crippen molar-refractivity contribution in [3.8, 4) is 0 Å². The Hall–Kier alpha value is -2.66. The molecule has 0 spiro atoms. The molecular weight excluding hydrogens is 270 g/mol. The first-order valence-corrected chi connectivity index (χ1v) is 6.52. The highest BCUT2D eigenvalue weighted by atomic mass is 16.4. The van der Waals surface area contributed by atoms with Crippen LogP contribution in [0.4, 0.5) is 0 Å². The minimum Gasteiger partial charge on any atom is -0.478 e. The lowest BCUT2D eigenvalue weighted by atomic mass is 10.1. The largest absolute Gasteiger partial charge is 0.478 e. The van der Waals surface area contributed by atoms with Crippen molar-refractivity contribution in [2.75, 3.05) is 0 Å². The van der Waals surface area contributed by atoms with E-state index in [0.29, 0.717) is 13.1 Å². The fourth-order valence-corrected chi connectivity index (χ4v) is 2.07.